The van der Waals surface area contributed by atoms with Crippen molar-refractivity contribution >= 4 is 23.2 Å². The molecule has 6 heteroatoms. The summed E-state index contributed by atoms with van der Waals surface area (Å²) in [5, 5.41) is 2.93. The van der Waals surface area contributed by atoms with Crippen LogP contribution in [0, 0.1) is 0 Å². The lowest BCUT2D eigenvalue weighted by molar-refractivity contribution is -0.136. The fourth-order valence-corrected chi connectivity index (χ4v) is 3.43. The molecule has 0 aromatic heterocycles. The quantitative estimate of drug-likeness (QED) is 0.731. The number of nitrogens with one attached hydrogen (secondary N) is 1. The van der Waals surface area contributed by atoms with Crippen LogP contribution < -0.4 is 10.2 Å². The van der Waals surface area contributed by atoms with E-state index >= 15 is 0 Å². The molecule has 1 aliphatic heterocycles. The number of benzene rings is 2. The van der Waals surface area contributed by atoms with Crippen molar-refractivity contribution in [3.8, 4) is 0 Å². The maximum atomic E-state index is 12.8. The molecular weight excluding hydrogens is 366 g/mol. The van der Waals surface area contributed by atoms with Crippen molar-refractivity contribution in [2.45, 2.75) is 32.9 Å². The molecule has 1 N–H and O–H groups in total. The standard InChI is InChI=1S/C23H29N3O3/c1-18(2)26(17-19-8-4-3-5-9-19)23(28)16-22(27)24-20-10-6-7-11-21(20)25-12-14-29-15-13-25/h3-11,18H,12-17H2,1-2H3,(H,24,27). The molecule has 0 spiro atoms. The maximum Gasteiger partial charge on any atom is 0.233 e. The number of ether oxygens (including phenoxy) is 1. The first-order valence-electron chi connectivity index (χ1n) is 10.1. The van der Waals surface area contributed by atoms with Gasteiger partial charge in [-0.2, -0.15) is 0 Å². The molecule has 1 aliphatic rings. The molecule has 2 aromatic rings. The minimum atomic E-state index is -0.297. The highest BCUT2D eigenvalue weighted by atomic mass is 16.5. The van der Waals surface area contributed by atoms with E-state index in [0.29, 0.717) is 19.8 Å². The van der Waals surface area contributed by atoms with Crippen molar-refractivity contribution in [1.82, 2.24) is 4.90 Å². The Kier molecular flexibility index (Phi) is 7.25. The third-order valence-electron chi connectivity index (χ3n) is 4.98. The molecule has 0 atom stereocenters. The van der Waals surface area contributed by atoms with Crippen LogP contribution in [0.4, 0.5) is 11.4 Å². The number of anilines is 2. The molecular formula is C23H29N3O3. The number of rotatable bonds is 7. The van der Waals surface area contributed by atoms with E-state index in [2.05, 4.69) is 10.2 Å². The lowest BCUT2D eigenvalue weighted by Gasteiger charge is -2.30. The fraction of sp³-hybridized carbons (Fsp3) is 0.391. The van der Waals surface area contributed by atoms with Gasteiger partial charge in [-0.25, -0.2) is 0 Å². The highest BCUT2D eigenvalue weighted by Gasteiger charge is 2.21. The fourth-order valence-electron chi connectivity index (χ4n) is 3.43. The summed E-state index contributed by atoms with van der Waals surface area (Å²) in [5.74, 6) is -0.473. The number of nitrogens with zero attached hydrogens (tertiary/aromatic N) is 2. The van der Waals surface area contributed by atoms with Gasteiger partial charge in [-0.1, -0.05) is 42.5 Å². The number of hydrogen-bond donors (Lipinski definition) is 1. The molecule has 0 saturated carbocycles. The molecule has 3 rings (SSSR count). The van der Waals surface area contributed by atoms with Crippen LogP contribution in [-0.4, -0.2) is 49.1 Å². The first-order chi connectivity index (χ1) is 14.0. The van der Waals surface area contributed by atoms with Crippen LogP contribution in [0.25, 0.3) is 0 Å². The van der Waals surface area contributed by atoms with Gasteiger partial charge in [0.25, 0.3) is 0 Å². The summed E-state index contributed by atoms with van der Waals surface area (Å²) < 4.78 is 5.41. The third-order valence-corrected chi connectivity index (χ3v) is 4.98. The average Bonchev–Trinajstić information content (AvgIpc) is 2.73. The summed E-state index contributed by atoms with van der Waals surface area (Å²) in [6.45, 7) is 7.33. The highest BCUT2D eigenvalue weighted by molar-refractivity contribution is 6.05. The van der Waals surface area contributed by atoms with Crippen molar-refractivity contribution in [1.29, 1.82) is 0 Å². The van der Waals surface area contributed by atoms with Gasteiger partial charge in [-0.3, -0.25) is 9.59 Å². The minimum absolute atomic E-state index is 0.0103. The first-order valence-corrected chi connectivity index (χ1v) is 10.1. The number of carbonyl (C=O) groups excluding carboxylic acids is 2. The SMILES string of the molecule is CC(C)N(Cc1ccccc1)C(=O)CC(=O)Nc1ccccc1N1CCOCC1. The van der Waals surface area contributed by atoms with Crippen LogP contribution >= 0.6 is 0 Å². The molecule has 0 bridgehead atoms. The van der Waals surface area contributed by atoms with Crippen LogP contribution in [0.1, 0.15) is 25.8 Å². The Hall–Kier alpha value is -2.86. The van der Waals surface area contributed by atoms with Crippen LogP contribution in [0.15, 0.2) is 54.6 Å². The van der Waals surface area contributed by atoms with E-state index in [9.17, 15) is 9.59 Å². The van der Waals surface area contributed by atoms with Gasteiger partial charge < -0.3 is 19.9 Å². The normalized spacial score (nSPS) is 14.0. The molecule has 0 radical (unpaired) electrons. The van der Waals surface area contributed by atoms with Gasteiger partial charge in [0, 0.05) is 25.7 Å². The Morgan fingerprint density at radius 1 is 1.03 bits per heavy atom. The molecule has 1 fully saturated rings. The Morgan fingerprint density at radius 3 is 2.38 bits per heavy atom. The van der Waals surface area contributed by atoms with E-state index in [1.54, 1.807) is 4.90 Å². The van der Waals surface area contributed by atoms with E-state index < -0.39 is 0 Å². The number of para-hydroxylation sites is 2. The molecule has 154 valence electrons. The van der Waals surface area contributed by atoms with Gasteiger partial charge in [-0.05, 0) is 31.5 Å². The van der Waals surface area contributed by atoms with Gasteiger partial charge >= 0.3 is 0 Å². The van der Waals surface area contributed by atoms with Gasteiger partial charge in [0.15, 0.2) is 0 Å². The van der Waals surface area contributed by atoms with E-state index in [1.807, 2.05) is 68.4 Å². The van der Waals surface area contributed by atoms with Crippen molar-refractivity contribution in [3.05, 3.63) is 60.2 Å². The van der Waals surface area contributed by atoms with Crippen molar-refractivity contribution < 1.29 is 14.3 Å². The maximum absolute atomic E-state index is 12.8. The predicted octanol–water partition coefficient (Wildman–Crippen LogP) is 3.29. The van der Waals surface area contributed by atoms with Crippen LogP contribution in [0.3, 0.4) is 0 Å². The Labute approximate surface area is 172 Å². The van der Waals surface area contributed by atoms with Crippen LogP contribution in [0.2, 0.25) is 0 Å². The van der Waals surface area contributed by atoms with Gasteiger partial charge in [0.1, 0.15) is 6.42 Å². The predicted molar refractivity (Wildman–Crippen MR) is 115 cm³/mol. The lowest BCUT2D eigenvalue weighted by Crippen LogP contribution is -2.38. The zero-order valence-corrected chi connectivity index (χ0v) is 17.1. The molecule has 1 saturated heterocycles. The Balaban J connectivity index is 1.64. The van der Waals surface area contributed by atoms with Crippen molar-refractivity contribution in [3.63, 3.8) is 0 Å². The van der Waals surface area contributed by atoms with Gasteiger partial charge in [-0.15, -0.1) is 0 Å². The molecule has 0 unspecified atom stereocenters. The van der Waals surface area contributed by atoms with E-state index in [-0.39, 0.29) is 24.3 Å². The van der Waals surface area contributed by atoms with Crippen LogP contribution in [0.5, 0.6) is 0 Å². The molecule has 29 heavy (non-hydrogen) atoms. The second kappa shape index (κ2) is 10.1. The highest BCUT2D eigenvalue weighted by Crippen LogP contribution is 2.26. The minimum Gasteiger partial charge on any atom is -0.378 e. The lowest BCUT2D eigenvalue weighted by atomic mass is 10.1. The van der Waals surface area contributed by atoms with E-state index in [1.165, 1.54) is 0 Å². The molecule has 6 nitrogen and oxygen atoms in total. The summed E-state index contributed by atoms with van der Waals surface area (Å²) in [6.07, 6.45) is -0.178. The first kappa shape index (κ1) is 20.9. The molecule has 0 aliphatic carbocycles. The summed E-state index contributed by atoms with van der Waals surface area (Å²) in [6, 6.07) is 17.5. The number of amides is 2. The monoisotopic (exact) mass is 395 g/mol. The molecule has 2 aromatic carbocycles. The van der Waals surface area contributed by atoms with Crippen molar-refractivity contribution in [2.24, 2.45) is 0 Å². The Morgan fingerprint density at radius 2 is 1.69 bits per heavy atom. The van der Waals surface area contributed by atoms with E-state index in [0.717, 1.165) is 30.0 Å². The second-order valence-electron chi connectivity index (χ2n) is 7.44. The average molecular weight is 396 g/mol. The summed E-state index contributed by atoms with van der Waals surface area (Å²) in [5.41, 5.74) is 2.74. The zero-order chi connectivity index (χ0) is 20.6. The number of carbonyl (C=O) groups is 2. The van der Waals surface area contributed by atoms with Crippen LogP contribution in [-0.2, 0) is 20.9 Å². The summed E-state index contributed by atoms with van der Waals surface area (Å²) in [4.78, 5) is 29.4. The number of hydrogen-bond acceptors (Lipinski definition) is 4. The third kappa shape index (κ3) is 5.81. The zero-order valence-electron chi connectivity index (χ0n) is 17.1. The topological polar surface area (TPSA) is 61.9 Å². The summed E-state index contributed by atoms with van der Waals surface area (Å²) >= 11 is 0. The Bertz CT molecular complexity index is 817. The second-order valence-corrected chi connectivity index (χ2v) is 7.44. The smallest absolute Gasteiger partial charge is 0.233 e. The number of morpholine rings is 1. The molecule has 1 heterocycles. The largest absolute Gasteiger partial charge is 0.378 e. The van der Waals surface area contributed by atoms with Crippen molar-refractivity contribution in [2.75, 3.05) is 36.5 Å². The van der Waals surface area contributed by atoms with Gasteiger partial charge in [0.2, 0.25) is 11.8 Å². The molecule has 2 amide bonds. The van der Waals surface area contributed by atoms with E-state index in [4.69, 9.17) is 4.74 Å². The van der Waals surface area contributed by atoms with Gasteiger partial charge in [0.05, 0.1) is 24.6 Å². The summed E-state index contributed by atoms with van der Waals surface area (Å²) in [7, 11) is 0.